The van der Waals surface area contributed by atoms with E-state index in [1.807, 2.05) is 13.0 Å². The molecule has 0 spiro atoms. The minimum Gasteiger partial charge on any atom is -0.490 e. The fourth-order valence-electron chi connectivity index (χ4n) is 3.97. The third-order valence-corrected chi connectivity index (χ3v) is 5.86. The summed E-state index contributed by atoms with van der Waals surface area (Å²) in [6, 6.07) is 12.4. The fourth-order valence-corrected chi connectivity index (χ4v) is 3.97. The van der Waals surface area contributed by atoms with Crippen LogP contribution >= 0.6 is 0 Å². The molecule has 3 rings (SSSR count). The number of unbranched alkanes of at least 4 members (excludes halogenated alkanes) is 1. The van der Waals surface area contributed by atoms with E-state index in [-0.39, 0.29) is 6.61 Å². The van der Waals surface area contributed by atoms with Crippen molar-refractivity contribution in [3.05, 3.63) is 42.0 Å². The molecule has 1 aliphatic carbocycles. The zero-order valence-corrected chi connectivity index (χ0v) is 16.2. The maximum atomic E-state index is 9.47. The highest BCUT2D eigenvalue weighted by molar-refractivity contribution is 5.84. The number of hydrogen-bond donors (Lipinski definition) is 2. The van der Waals surface area contributed by atoms with Gasteiger partial charge >= 0.3 is 0 Å². The van der Waals surface area contributed by atoms with Crippen molar-refractivity contribution in [2.75, 3.05) is 6.61 Å². The van der Waals surface area contributed by atoms with Crippen molar-refractivity contribution >= 4 is 10.8 Å². The summed E-state index contributed by atoms with van der Waals surface area (Å²) in [6.45, 7) is 4.05. The van der Waals surface area contributed by atoms with Gasteiger partial charge in [-0.05, 0) is 73.1 Å². The van der Waals surface area contributed by atoms with E-state index in [2.05, 4.69) is 37.3 Å². The van der Waals surface area contributed by atoms with Crippen molar-refractivity contribution < 1.29 is 9.84 Å². The molecule has 1 aliphatic rings. The van der Waals surface area contributed by atoms with E-state index in [0.717, 1.165) is 28.0 Å². The fraction of sp³-hybridized carbons (Fsp3) is 0.565. The molecule has 1 saturated carbocycles. The van der Waals surface area contributed by atoms with Gasteiger partial charge in [-0.2, -0.15) is 0 Å². The number of aliphatic hydroxyl groups excluding tert-OH is 1. The summed E-state index contributed by atoms with van der Waals surface area (Å²) >= 11 is 0. The van der Waals surface area contributed by atoms with Crippen LogP contribution in [0.4, 0.5) is 0 Å². The van der Waals surface area contributed by atoms with Crippen molar-refractivity contribution in [1.29, 1.82) is 0 Å². The van der Waals surface area contributed by atoms with Crippen LogP contribution in [0, 0.1) is 5.92 Å². The molecule has 0 saturated heterocycles. The van der Waals surface area contributed by atoms with Crippen molar-refractivity contribution in [3.8, 4) is 5.75 Å². The zero-order chi connectivity index (χ0) is 18.6. The second-order valence-corrected chi connectivity index (χ2v) is 8.20. The summed E-state index contributed by atoms with van der Waals surface area (Å²) in [5.74, 6) is 1.86. The van der Waals surface area contributed by atoms with Crippen molar-refractivity contribution in [3.63, 3.8) is 0 Å². The van der Waals surface area contributed by atoms with Crippen LogP contribution in [0.2, 0.25) is 0 Å². The number of benzene rings is 2. The van der Waals surface area contributed by atoms with E-state index in [0.29, 0.717) is 6.10 Å². The average molecular weight is 356 g/mol. The Morgan fingerprint density at radius 3 is 2.46 bits per heavy atom. The molecule has 0 radical (unpaired) electrons. The van der Waals surface area contributed by atoms with Crippen LogP contribution < -0.4 is 10.5 Å². The van der Waals surface area contributed by atoms with Gasteiger partial charge in [0.2, 0.25) is 0 Å². The SMILES string of the molecule is CCCCC1CCC(Oc2ccc3cc([C@@](C)(N)CO)ccc3c2)CC1. The van der Waals surface area contributed by atoms with Crippen molar-refractivity contribution in [1.82, 2.24) is 0 Å². The van der Waals surface area contributed by atoms with Crippen LogP contribution in [0.5, 0.6) is 5.75 Å². The number of hydrogen-bond acceptors (Lipinski definition) is 3. The predicted octanol–water partition coefficient (Wildman–Crippen LogP) is 5.13. The Morgan fingerprint density at radius 1 is 1.08 bits per heavy atom. The third-order valence-electron chi connectivity index (χ3n) is 5.86. The Balaban J connectivity index is 1.64. The topological polar surface area (TPSA) is 55.5 Å². The molecule has 0 aliphatic heterocycles. The number of rotatable bonds is 7. The van der Waals surface area contributed by atoms with Crippen LogP contribution in [-0.2, 0) is 5.54 Å². The van der Waals surface area contributed by atoms with E-state index in [9.17, 15) is 5.11 Å². The van der Waals surface area contributed by atoms with Gasteiger partial charge in [0, 0.05) is 0 Å². The molecule has 2 aromatic carbocycles. The molecule has 0 unspecified atom stereocenters. The largest absolute Gasteiger partial charge is 0.490 e. The lowest BCUT2D eigenvalue weighted by Gasteiger charge is -2.29. The van der Waals surface area contributed by atoms with E-state index in [1.165, 1.54) is 44.9 Å². The summed E-state index contributed by atoms with van der Waals surface area (Å²) < 4.78 is 6.27. The van der Waals surface area contributed by atoms with Crippen LogP contribution in [-0.4, -0.2) is 17.8 Å². The molecule has 3 heteroatoms. The predicted molar refractivity (Wildman–Crippen MR) is 108 cm³/mol. The monoisotopic (exact) mass is 355 g/mol. The van der Waals surface area contributed by atoms with Gasteiger partial charge in [0.25, 0.3) is 0 Å². The van der Waals surface area contributed by atoms with Gasteiger partial charge in [0.1, 0.15) is 5.75 Å². The minimum atomic E-state index is -0.709. The Bertz CT molecular complexity index is 717. The molecule has 2 aromatic rings. The highest BCUT2D eigenvalue weighted by Crippen LogP contribution is 2.32. The van der Waals surface area contributed by atoms with Gasteiger partial charge in [-0.25, -0.2) is 0 Å². The van der Waals surface area contributed by atoms with Crippen molar-refractivity contribution in [2.24, 2.45) is 11.7 Å². The molecule has 0 bridgehead atoms. The molecule has 0 heterocycles. The number of ether oxygens (including phenoxy) is 1. The van der Waals surface area contributed by atoms with Gasteiger partial charge in [0.05, 0.1) is 18.2 Å². The van der Waals surface area contributed by atoms with E-state index in [4.69, 9.17) is 10.5 Å². The summed E-state index contributed by atoms with van der Waals surface area (Å²) in [4.78, 5) is 0. The highest BCUT2D eigenvalue weighted by Gasteiger charge is 2.22. The molecule has 1 fully saturated rings. The molecular weight excluding hydrogens is 322 g/mol. The first kappa shape index (κ1) is 19.2. The van der Waals surface area contributed by atoms with Crippen LogP contribution in [0.15, 0.2) is 36.4 Å². The Hall–Kier alpha value is -1.58. The van der Waals surface area contributed by atoms with Crippen LogP contribution in [0.25, 0.3) is 10.8 Å². The normalized spacial score (nSPS) is 22.9. The minimum absolute atomic E-state index is 0.0688. The van der Waals surface area contributed by atoms with Crippen LogP contribution in [0.3, 0.4) is 0 Å². The third kappa shape index (κ3) is 4.57. The molecular formula is C23H33NO2. The van der Waals surface area contributed by atoms with Gasteiger partial charge < -0.3 is 15.6 Å². The Labute approximate surface area is 157 Å². The summed E-state index contributed by atoms with van der Waals surface area (Å²) in [5.41, 5.74) is 6.39. The first-order valence-corrected chi connectivity index (χ1v) is 10.1. The Kier molecular flexibility index (Phi) is 6.20. The Morgan fingerprint density at radius 2 is 1.77 bits per heavy atom. The molecule has 0 aromatic heterocycles. The van der Waals surface area contributed by atoms with E-state index >= 15 is 0 Å². The molecule has 3 nitrogen and oxygen atoms in total. The maximum absolute atomic E-state index is 9.47. The van der Waals surface area contributed by atoms with Gasteiger partial charge in [0.15, 0.2) is 0 Å². The van der Waals surface area contributed by atoms with Gasteiger partial charge in [-0.15, -0.1) is 0 Å². The first-order valence-electron chi connectivity index (χ1n) is 10.1. The highest BCUT2D eigenvalue weighted by atomic mass is 16.5. The second kappa shape index (κ2) is 8.41. The number of aliphatic hydroxyl groups is 1. The zero-order valence-electron chi connectivity index (χ0n) is 16.2. The van der Waals surface area contributed by atoms with E-state index < -0.39 is 5.54 Å². The molecule has 0 amide bonds. The smallest absolute Gasteiger partial charge is 0.120 e. The molecule has 1 atom stereocenters. The lowest BCUT2D eigenvalue weighted by molar-refractivity contribution is 0.128. The lowest BCUT2D eigenvalue weighted by atomic mass is 9.84. The standard InChI is InChI=1S/C23H33NO2/c1-3-4-5-17-6-11-21(12-7-17)26-22-13-9-18-14-20(23(2,24)16-25)10-8-19(18)15-22/h8-10,13-15,17,21,25H,3-7,11-12,16,24H2,1-2H3/t17?,21?,23-/m0/s1. The maximum Gasteiger partial charge on any atom is 0.120 e. The summed E-state index contributed by atoms with van der Waals surface area (Å²) in [7, 11) is 0. The summed E-state index contributed by atoms with van der Waals surface area (Å²) in [5, 5.41) is 11.7. The van der Waals surface area contributed by atoms with Gasteiger partial charge in [-0.1, -0.05) is 44.4 Å². The number of fused-ring (bicyclic) bond motifs is 1. The molecule has 142 valence electrons. The van der Waals surface area contributed by atoms with Gasteiger partial charge in [-0.3, -0.25) is 0 Å². The molecule has 26 heavy (non-hydrogen) atoms. The first-order chi connectivity index (χ1) is 12.5. The quantitative estimate of drug-likeness (QED) is 0.723. The average Bonchev–Trinajstić information content (AvgIpc) is 2.67. The number of nitrogens with two attached hydrogens (primary N) is 1. The second-order valence-electron chi connectivity index (χ2n) is 8.20. The van der Waals surface area contributed by atoms with E-state index in [1.54, 1.807) is 0 Å². The van der Waals surface area contributed by atoms with Crippen LogP contribution in [0.1, 0.15) is 64.4 Å². The molecule has 3 N–H and O–H groups in total. The summed E-state index contributed by atoms with van der Waals surface area (Å²) in [6.07, 6.45) is 9.36. The van der Waals surface area contributed by atoms with Crippen molar-refractivity contribution in [2.45, 2.75) is 70.4 Å². The lowest BCUT2D eigenvalue weighted by Crippen LogP contribution is -2.36.